The second-order valence-electron chi connectivity index (χ2n) is 3.21. The zero-order valence-corrected chi connectivity index (χ0v) is 8.53. The predicted octanol–water partition coefficient (Wildman–Crippen LogP) is 3.69. The molecule has 1 saturated carbocycles. The Hall–Kier alpha value is 0.660. The van der Waals surface area contributed by atoms with Gasteiger partial charge in [-0.05, 0) is 54.2 Å². The highest BCUT2D eigenvalue weighted by Gasteiger charge is 2.31. The van der Waals surface area contributed by atoms with Crippen LogP contribution in [-0.2, 0) is 0 Å². The van der Waals surface area contributed by atoms with Gasteiger partial charge in [-0.25, -0.2) is 4.39 Å². The predicted molar refractivity (Wildman–Crippen MR) is 50.1 cm³/mol. The minimum atomic E-state index is -0.872. The van der Waals surface area contributed by atoms with Gasteiger partial charge in [-0.3, -0.25) is 0 Å². The van der Waals surface area contributed by atoms with Crippen LogP contribution in [0, 0.1) is 5.92 Å². The molecule has 0 saturated heterocycles. The SMILES string of the molecule is CCC1CCC(F)(I)CC1. The minimum absolute atomic E-state index is 0.770. The van der Waals surface area contributed by atoms with Crippen LogP contribution in [0.1, 0.15) is 39.0 Å². The van der Waals surface area contributed by atoms with E-state index in [0.29, 0.717) is 0 Å². The van der Waals surface area contributed by atoms with Gasteiger partial charge in [0.2, 0.25) is 0 Å². The van der Waals surface area contributed by atoms with Crippen LogP contribution in [0.2, 0.25) is 0 Å². The van der Waals surface area contributed by atoms with Crippen LogP contribution >= 0.6 is 22.6 Å². The highest BCUT2D eigenvalue weighted by atomic mass is 127. The first-order chi connectivity index (χ1) is 4.64. The molecule has 0 aromatic carbocycles. The van der Waals surface area contributed by atoms with Gasteiger partial charge in [-0.1, -0.05) is 13.3 Å². The smallest absolute Gasteiger partial charge is 0.161 e. The molecule has 0 radical (unpaired) electrons. The number of rotatable bonds is 1. The zero-order valence-electron chi connectivity index (χ0n) is 6.37. The molecule has 0 heterocycles. The van der Waals surface area contributed by atoms with Crippen molar-refractivity contribution < 1.29 is 4.39 Å². The first-order valence-electron chi connectivity index (χ1n) is 4.02. The number of hydrogen-bond acceptors (Lipinski definition) is 0. The van der Waals surface area contributed by atoms with Crippen molar-refractivity contribution in [2.24, 2.45) is 5.92 Å². The van der Waals surface area contributed by atoms with Crippen molar-refractivity contribution in [3.63, 3.8) is 0 Å². The van der Waals surface area contributed by atoms with E-state index >= 15 is 0 Å². The molecule has 1 fully saturated rings. The van der Waals surface area contributed by atoms with Crippen molar-refractivity contribution in [2.45, 2.75) is 42.7 Å². The number of hydrogen-bond donors (Lipinski definition) is 0. The lowest BCUT2D eigenvalue weighted by Gasteiger charge is -2.28. The molecule has 0 N–H and O–H groups in total. The summed E-state index contributed by atoms with van der Waals surface area (Å²) in [6.45, 7) is 2.20. The molecule has 0 spiro atoms. The van der Waals surface area contributed by atoms with Gasteiger partial charge in [0, 0.05) is 0 Å². The van der Waals surface area contributed by atoms with Crippen molar-refractivity contribution >= 4 is 22.6 Å². The Morgan fingerprint density at radius 1 is 1.50 bits per heavy atom. The third-order valence-corrected chi connectivity index (χ3v) is 3.49. The quantitative estimate of drug-likeness (QED) is 0.495. The van der Waals surface area contributed by atoms with Gasteiger partial charge in [0.15, 0.2) is 3.68 Å². The van der Waals surface area contributed by atoms with Gasteiger partial charge in [0.25, 0.3) is 0 Å². The van der Waals surface area contributed by atoms with Gasteiger partial charge in [0.1, 0.15) is 0 Å². The van der Waals surface area contributed by atoms with E-state index < -0.39 is 3.68 Å². The number of halogens is 2. The summed E-state index contributed by atoms with van der Waals surface area (Å²) in [6, 6.07) is 0. The molecule has 1 rings (SSSR count). The summed E-state index contributed by atoms with van der Waals surface area (Å²) in [6.07, 6.45) is 4.96. The maximum absolute atomic E-state index is 13.2. The molecular formula is C8H14FI. The van der Waals surface area contributed by atoms with Gasteiger partial charge in [0.05, 0.1) is 0 Å². The molecular weight excluding hydrogens is 242 g/mol. The van der Waals surface area contributed by atoms with E-state index in [1.165, 1.54) is 6.42 Å². The highest BCUT2D eigenvalue weighted by Crippen LogP contribution is 2.40. The molecule has 0 aromatic heterocycles. The second-order valence-corrected chi connectivity index (χ2v) is 5.14. The third kappa shape index (κ3) is 2.36. The van der Waals surface area contributed by atoms with Crippen LogP contribution in [0.3, 0.4) is 0 Å². The molecule has 2 heteroatoms. The molecule has 1 aliphatic rings. The Morgan fingerprint density at radius 3 is 2.40 bits per heavy atom. The molecule has 1 aliphatic carbocycles. The minimum Gasteiger partial charge on any atom is -0.232 e. The summed E-state index contributed by atoms with van der Waals surface area (Å²) in [5.41, 5.74) is 0. The van der Waals surface area contributed by atoms with Crippen LogP contribution < -0.4 is 0 Å². The Labute approximate surface area is 75.7 Å². The fourth-order valence-electron chi connectivity index (χ4n) is 1.51. The largest absolute Gasteiger partial charge is 0.232 e. The summed E-state index contributed by atoms with van der Waals surface area (Å²) in [5.74, 6) is 0.804. The van der Waals surface area contributed by atoms with Gasteiger partial charge in [-0.2, -0.15) is 0 Å². The van der Waals surface area contributed by atoms with Crippen molar-refractivity contribution in [2.75, 3.05) is 0 Å². The molecule has 0 bridgehead atoms. The van der Waals surface area contributed by atoms with Crippen molar-refractivity contribution in [3.8, 4) is 0 Å². The van der Waals surface area contributed by atoms with Crippen molar-refractivity contribution in [1.29, 1.82) is 0 Å². The second kappa shape index (κ2) is 3.37. The number of alkyl halides is 2. The van der Waals surface area contributed by atoms with Crippen LogP contribution in [0.15, 0.2) is 0 Å². The van der Waals surface area contributed by atoms with E-state index in [1.54, 1.807) is 0 Å². The summed E-state index contributed by atoms with van der Waals surface area (Å²) in [7, 11) is 0. The summed E-state index contributed by atoms with van der Waals surface area (Å²) >= 11 is 1.95. The highest BCUT2D eigenvalue weighted by molar-refractivity contribution is 14.1. The molecule has 0 amide bonds. The van der Waals surface area contributed by atoms with Crippen LogP contribution in [0.4, 0.5) is 4.39 Å². The first-order valence-corrected chi connectivity index (χ1v) is 5.10. The summed E-state index contributed by atoms with van der Waals surface area (Å²) in [4.78, 5) is 0. The van der Waals surface area contributed by atoms with Crippen LogP contribution in [0.5, 0.6) is 0 Å². The fourth-order valence-corrected chi connectivity index (χ4v) is 2.13. The van der Waals surface area contributed by atoms with E-state index in [1.807, 2.05) is 22.6 Å². The fraction of sp³-hybridized carbons (Fsp3) is 1.00. The van der Waals surface area contributed by atoms with Crippen LogP contribution in [-0.4, -0.2) is 3.68 Å². The zero-order chi connectivity index (χ0) is 7.61. The lowest BCUT2D eigenvalue weighted by atomic mass is 9.86. The maximum atomic E-state index is 13.2. The van der Waals surface area contributed by atoms with Crippen molar-refractivity contribution in [1.82, 2.24) is 0 Å². The van der Waals surface area contributed by atoms with Crippen LogP contribution in [0.25, 0.3) is 0 Å². The average molecular weight is 256 g/mol. The maximum Gasteiger partial charge on any atom is 0.161 e. The normalized spacial score (nSPS) is 41.7. The van der Waals surface area contributed by atoms with Gasteiger partial charge >= 0.3 is 0 Å². The van der Waals surface area contributed by atoms with Gasteiger partial charge in [-0.15, -0.1) is 0 Å². The Bertz CT molecular complexity index is 102. The van der Waals surface area contributed by atoms with E-state index in [9.17, 15) is 4.39 Å². The lowest BCUT2D eigenvalue weighted by molar-refractivity contribution is 0.189. The standard InChI is InChI=1S/C8H14FI/c1-2-7-3-5-8(9,10)6-4-7/h7H,2-6H2,1H3. The third-order valence-electron chi connectivity index (χ3n) is 2.41. The van der Waals surface area contributed by atoms with Gasteiger partial charge < -0.3 is 0 Å². The molecule has 0 unspecified atom stereocenters. The summed E-state index contributed by atoms with van der Waals surface area (Å²) < 4.78 is 12.3. The van der Waals surface area contributed by atoms with E-state index in [2.05, 4.69) is 6.92 Å². The topological polar surface area (TPSA) is 0 Å². The van der Waals surface area contributed by atoms with E-state index in [0.717, 1.165) is 31.6 Å². The lowest BCUT2D eigenvalue weighted by Crippen LogP contribution is -2.22. The molecule has 0 aliphatic heterocycles. The van der Waals surface area contributed by atoms with E-state index in [4.69, 9.17) is 0 Å². The Morgan fingerprint density at radius 2 is 2.00 bits per heavy atom. The Kier molecular flexibility index (Phi) is 2.95. The van der Waals surface area contributed by atoms with E-state index in [-0.39, 0.29) is 0 Å². The Balaban J connectivity index is 2.31. The first kappa shape index (κ1) is 8.75. The monoisotopic (exact) mass is 256 g/mol. The molecule has 0 atom stereocenters. The average Bonchev–Trinajstić information content (AvgIpc) is 1.88. The molecule has 0 nitrogen and oxygen atoms in total. The molecule has 0 aromatic rings. The molecule has 10 heavy (non-hydrogen) atoms. The molecule has 60 valence electrons. The van der Waals surface area contributed by atoms with Crippen molar-refractivity contribution in [3.05, 3.63) is 0 Å². The summed E-state index contributed by atoms with van der Waals surface area (Å²) in [5, 5.41) is 0.